The predicted molar refractivity (Wildman–Crippen MR) is 105 cm³/mol. The van der Waals surface area contributed by atoms with Crippen LogP contribution in [0.1, 0.15) is 37.8 Å². The van der Waals surface area contributed by atoms with Crippen LogP contribution in [0.15, 0.2) is 60.7 Å². The summed E-state index contributed by atoms with van der Waals surface area (Å²) in [5, 5.41) is 12.8. The maximum Gasteiger partial charge on any atom is 0.244 e. The molecule has 1 amide bonds. The van der Waals surface area contributed by atoms with Crippen LogP contribution in [-0.4, -0.2) is 23.2 Å². The molecule has 138 valence electrons. The number of carbonyl (C=O) groups excluding carboxylic acids is 1. The quantitative estimate of drug-likeness (QED) is 0.671. The molecule has 0 saturated heterocycles. The second kappa shape index (κ2) is 9.78. The molecule has 0 aliphatic carbocycles. The molecule has 4 nitrogen and oxygen atoms in total. The molecule has 0 radical (unpaired) electrons. The molecule has 0 aliphatic heterocycles. The average molecular weight is 353 g/mol. The van der Waals surface area contributed by atoms with Crippen LogP contribution in [0.25, 0.3) is 6.08 Å². The van der Waals surface area contributed by atoms with E-state index in [-0.39, 0.29) is 12.5 Å². The summed E-state index contributed by atoms with van der Waals surface area (Å²) >= 11 is 0. The van der Waals surface area contributed by atoms with Crippen molar-refractivity contribution < 1.29 is 14.6 Å². The van der Waals surface area contributed by atoms with Crippen LogP contribution in [0.3, 0.4) is 0 Å². The van der Waals surface area contributed by atoms with Gasteiger partial charge in [-0.3, -0.25) is 4.79 Å². The lowest BCUT2D eigenvalue weighted by atomic mass is 10.0. The topological polar surface area (TPSA) is 58.6 Å². The largest absolute Gasteiger partial charge is 0.489 e. The van der Waals surface area contributed by atoms with Gasteiger partial charge in [0.15, 0.2) is 0 Å². The van der Waals surface area contributed by atoms with Gasteiger partial charge in [0.2, 0.25) is 5.91 Å². The first-order valence-electron chi connectivity index (χ1n) is 8.93. The molecule has 26 heavy (non-hydrogen) atoms. The van der Waals surface area contributed by atoms with E-state index in [1.54, 1.807) is 13.0 Å². The number of benzene rings is 2. The first-order chi connectivity index (χ1) is 12.5. The molecule has 0 fully saturated rings. The first-order valence-corrected chi connectivity index (χ1v) is 8.93. The molecular formula is C22H27NO3. The Labute approximate surface area is 155 Å². The Morgan fingerprint density at radius 3 is 2.69 bits per heavy atom. The molecule has 0 heterocycles. The monoisotopic (exact) mass is 353 g/mol. The predicted octanol–water partition coefficient (Wildman–Crippen LogP) is 3.95. The minimum atomic E-state index is -0.872. The number of nitrogens with one attached hydrogen (secondary N) is 1. The Morgan fingerprint density at radius 2 is 1.96 bits per heavy atom. The zero-order valence-electron chi connectivity index (χ0n) is 15.4. The number of aliphatic hydroxyl groups is 1. The van der Waals surface area contributed by atoms with Crippen molar-refractivity contribution in [3.63, 3.8) is 0 Å². The van der Waals surface area contributed by atoms with Crippen LogP contribution < -0.4 is 10.1 Å². The van der Waals surface area contributed by atoms with Gasteiger partial charge in [0.25, 0.3) is 0 Å². The molecule has 2 aromatic carbocycles. The highest BCUT2D eigenvalue weighted by Crippen LogP contribution is 2.16. The van der Waals surface area contributed by atoms with Crippen LogP contribution in [-0.2, 0) is 11.4 Å². The molecule has 0 aromatic heterocycles. The molecular weight excluding hydrogens is 326 g/mol. The number of hydrogen-bond acceptors (Lipinski definition) is 3. The Hall–Kier alpha value is -2.59. The Balaban J connectivity index is 1.87. The molecule has 4 heteroatoms. The van der Waals surface area contributed by atoms with Gasteiger partial charge in [0.05, 0.1) is 5.60 Å². The Kier molecular flexibility index (Phi) is 7.42. The van der Waals surface area contributed by atoms with Crippen LogP contribution in [0.2, 0.25) is 0 Å². The van der Waals surface area contributed by atoms with Gasteiger partial charge in [-0.2, -0.15) is 0 Å². The van der Waals surface area contributed by atoms with Gasteiger partial charge in [-0.25, -0.2) is 0 Å². The lowest BCUT2D eigenvalue weighted by Gasteiger charge is -2.22. The van der Waals surface area contributed by atoms with Crippen LogP contribution in [0.4, 0.5) is 0 Å². The van der Waals surface area contributed by atoms with Gasteiger partial charge >= 0.3 is 0 Å². The van der Waals surface area contributed by atoms with Crippen molar-refractivity contribution in [3.8, 4) is 5.75 Å². The minimum absolute atomic E-state index is 0.225. The lowest BCUT2D eigenvalue weighted by molar-refractivity contribution is -0.117. The summed E-state index contributed by atoms with van der Waals surface area (Å²) in [6, 6.07) is 17.5. The maximum absolute atomic E-state index is 11.9. The molecule has 0 bridgehead atoms. The second-order valence-electron chi connectivity index (χ2n) is 6.64. The SMILES string of the molecule is CCCC(C)(O)CNC(=O)/C=C/c1cccc(OCc2ccccc2)c1. The standard InChI is InChI=1S/C22H27NO3/c1-3-14-22(2,25)17-23-21(24)13-12-18-10-7-11-20(15-18)26-16-19-8-5-4-6-9-19/h4-13,15,25H,3,14,16-17H2,1-2H3,(H,23,24)/b13-12+. The van der Waals surface area contributed by atoms with E-state index in [9.17, 15) is 9.90 Å². The Morgan fingerprint density at radius 1 is 1.19 bits per heavy atom. The van der Waals surface area contributed by atoms with E-state index in [1.807, 2.05) is 61.5 Å². The molecule has 1 atom stereocenters. The highest BCUT2D eigenvalue weighted by Gasteiger charge is 2.19. The summed E-state index contributed by atoms with van der Waals surface area (Å²) in [5.41, 5.74) is 1.11. The fourth-order valence-electron chi connectivity index (χ4n) is 2.58. The third kappa shape index (κ3) is 7.11. The molecule has 2 N–H and O–H groups in total. The van der Waals surface area contributed by atoms with Gasteiger partial charge in [-0.05, 0) is 42.7 Å². The third-order valence-electron chi connectivity index (χ3n) is 3.97. The molecule has 0 aliphatic rings. The molecule has 0 saturated carbocycles. The van der Waals surface area contributed by atoms with Crippen LogP contribution in [0.5, 0.6) is 5.75 Å². The molecule has 2 rings (SSSR count). The Bertz CT molecular complexity index is 723. The zero-order valence-corrected chi connectivity index (χ0v) is 15.4. The lowest BCUT2D eigenvalue weighted by Crippen LogP contribution is -2.39. The van der Waals surface area contributed by atoms with E-state index in [1.165, 1.54) is 6.08 Å². The average Bonchev–Trinajstić information content (AvgIpc) is 2.64. The smallest absolute Gasteiger partial charge is 0.244 e. The summed E-state index contributed by atoms with van der Waals surface area (Å²) in [5.74, 6) is 0.527. The minimum Gasteiger partial charge on any atom is -0.489 e. The summed E-state index contributed by atoms with van der Waals surface area (Å²) in [6.07, 6.45) is 4.73. The van der Waals surface area contributed by atoms with E-state index in [2.05, 4.69) is 5.32 Å². The van der Waals surface area contributed by atoms with Gasteiger partial charge in [0.1, 0.15) is 12.4 Å². The van der Waals surface area contributed by atoms with Crippen molar-refractivity contribution in [2.75, 3.05) is 6.54 Å². The van der Waals surface area contributed by atoms with Crippen LogP contribution >= 0.6 is 0 Å². The van der Waals surface area contributed by atoms with Gasteiger partial charge < -0.3 is 15.2 Å². The second-order valence-corrected chi connectivity index (χ2v) is 6.64. The highest BCUT2D eigenvalue weighted by atomic mass is 16.5. The molecule has 2 aromatic rings. The summed E-state index contributed by atoms with van der Waals surface area (Å²) in [7, 11) is 0. The van der Waals surface area contributed by atoms with Crippen molar-refractivity contribution in [1.82, 2.24) is 5.32 Å². The van der Waals surface area contributed by atoms with E-state index in [4.69, 9.17) is 4.74 Å². The van der Waals surface area contributed by atoms with Crippen LogP contribution in [0, 0.1) is 0 Å². The van der Waals surface area contributed by atoms with E-state index >= 15 is 0 Å². The summed E-state index contributed by atoms with van der Waals surface area (Å²) in [4.78, 5) is 11.9. The summed E-state index contributed by atoms with van der Waals surface area (Å²) < 4.78 is 5.79. The van der Waals surface area contributed by atoms with Crippen molar-refractivity contribution in [3.05, 3.63) is 71.8 Å². The van der Waals surface area contributed by atoms with E-state index in [0.29, 0.717) is 13.0 Å². The number of carbonyl (C=O) groups is 1. The first kappa shape index (κ1) is 19.7. The van der Waals surface area contributed by atoms with Gasteiger partial charge in [-0.1, -0.05) is 55.8 Å². The summed E-state index contributed by atoms with van der Waals surface area (Å²) in [6.45, 7) is 4.47. The number of ether oxygens (including phenoxy) is 1. The van der Waals surface area contributed by atoms with Crippen molar-refractivity contribution in [1.29, 1.82) is 0 Å². The number of amides is 1. The fraction of sp³-hybridized carbons (Fsp3) is 0.318. The van der Waals surface area contributed by atoms with Crippen molar-refractivity contribution >= 4 is 12.0 Å². The number of hydrogen-bond donors (Lipinski definition) is 2. The third-order valence-corrected chi connectivity index (χ3v) is 3.97. The number of rotatable bonds is 9. The highest BCUT2D eigenvalue weighted by molar-refractivity contribution is 5.91. The van der Waals surface area contributed by atoms with E-state index in [0.717, 1.165) is 23.3 Å². The van der Waals surface area contributed by atoms with Crippen molar-refractivity contribution in [2.45, 2.75) is 38.9 Å². The van der Waals surface area contributed by atoms with Crippen molar-refractivity contribution in [2.24, 2.45) is 0 Å². The van der Waals surface area contributed by atoms with E-state index < -0.39 is 5.60 Å². The zero-order chi connectivity index (χ0) is 18.8. The van der Waals surface area contributed by atoms with Gasteiger partial charge in [0, 0.05) is 12.6 Å². The normalized spacial score (nSPS) is 13.3. The fourth-order valence-corrected chi connectivity index (χ4v) is 2.58. The maximum atomic E-state index is 11.9. The van der Waals surface area contributed by atoms with Gasteiger partial charge in [-0.15, -0.1) is 0 Å². The molecule has 1 unspecified atom stereocenters. The molecule has 0 spiro atoms.